The van der Waals surface area contributed by atoms with E-state index in [1.807, 2.05) is 6.08 Å². The van der Waals surface area contributed by atoms with Gasteiger partial charge in [0.25, 0.3) is 0 Å². The van der Waals surface area contributed by atoms with Gasteiger partial charge in [-0.25, -0.2) is 0 Å². The Hall–Kier alpha value is -3.61. The third kappa shape index (κ3) is 39.4. The van der Waals surface area contributed by atoms with Crippen molar-refractivity contribution in [3.8, 4) is 0 Å². The van der Waals surface area contributed by atoms with Gasteiger partial charge in [-0.2, -0.15) is 0 Å². The van der Waals surface area contributed by atoms with Gasteiger partial charge in [0.2, 0.25) is 5.91 Å². The summed E-state index contributed by atoms with van der Waals surface area (Å²) in [6, 6.07) is -0.966. The maximum Gasteiger partial charge on any atom is 0.220 e. The van der Waals surface area contributed by atoms with E-state index in [0.717, 1.165) is 77.0 Å². The molecule has 0 spiro atoms. The highest BCUT2D eigenvalue weighted by Crippen LogP contribution is 2.30. The van der Waals surface area contributed by atoms with Gasteiger partial charge in [-0.05, 0) is 96.3 Å². The molecule has 0 radical (unpaired) electrons. The van der Waals surface area contributed by atoms with E-state index in [1.54, 1.807) is 6.08 Å². The van der Waals surface area contributed by atoms with Gasteiger partial charge in [0.15, 0.2) is 12.6 Å². The molecule has 2 saturated heterocycles. The monoisotopic (exact) mass is 1210 g/mol. The number of aliphatic hydroxyl groups excluding tert-OH is 8. The molecule has 12 atom stereocenters. The van der Waals surface area contributed by atoms with Crippen LogP contribution in [0.1, 0.15) is 232 Å². The zero-order chi connectivity index (χ0) is 62.3. The minimum atomic E-state index is -1.80. The smallest absolute Gasteiger partial charge is 0.220 e. The van der Waals surface area contributed by atoms with Crippen molar-refractivity contribution in [2.45, 2.75) is 306 Å². The van der Waals surface area contributed by atoms with Crippen LogP contribution in [0.3, 0.4) is 0 Å². The number of nitrogens with one attached hydrogen (secondary N) is 1. The Morgan fingerprint density at radius 3 is 1.28 bits per heavy atom. The molecule has 14 nitrogen and oxygen atoms in total. The van der Waals surface area contributed by atoms with Crippen LogP contribution in [0.5, 0.6) is 0 Å². The number of hydrogen-bond acceptors (Lipinski definition) is 13. The van der Waals surface area contributed by atoms with Crippen molar-refractivity contribution < 1.29 is 64.6 Å². The summed E-state index contributed by atoms with van der Waals surface area (Å²) in [6.45, 7) is 2.64. The van der Waals surface area contributed by atoms with Crippen LogP contribution in [-0.2, 0) is 23.7 Å². The highest BCUT2D eigenvalue weighted by Gasteiger charge is 2.51. The van der Waals surface area contributed by atoms with Crippen LogP contribution >= 0.6 is 0 Å². The van der Waals surface area contributed by atoms with Gasteiger partial charge in [0.1, 0.15) is 48.8 Å². The summed E-state index contributed by atoms with van der Waals surface area (Å²) in [5.41, 5.74) is 0. The fourth-order valence-corrected chi connectivity index (χ4v) is 10.3. The number of amides is 1. The lowest BCUT2D eigenvalue weighted by Crippen LogP contribution is -2.65. The first kappa shape index (κ1) is 78.5. The third-order valence-electron chi connectivity index (χ3n) is 15.6. The van der Waals surface area contributed by atoms with Gasteiger partial charge in [-0.3, -0.25) is 4.79 Å². The fraction of sp³-hybridized carbons (Fsp3) is 0.708. The standard InChI is InChI=1S/C72H121NO13/c1-3-5-7-9-11-13-15-17-19-21-23-25-27-29-30-32-34-36-38-40-42-44-46-48-50-52-54-56-64(77)73-60(59-83-71-69(82)67(80)70(63(58-75)85-71)86-72-68(81)66(79)65(78)62(57-74)84-72)61(76)55-53-51-49-47-45-43-41-39-37-35-33-31-28-26-24-22-20-18-16-14-12-10-8-6-4-2/h5,7,11,13,17,19,23,25,29-30,34,36,40,42,45-48,53,55,60-63,65-72,74-76,78-82H,3-4,6,8-10,12,14-16,18,20-22,24,26-28,31-33,35,37-39,41,43-44,49-52,54,56-59H2,1-2H3,(H,73,77)/b7-5-,13-11-,19-17-,25-23-,30-29-,36-34-,42-40-,47-45+,48-46-,55-53+. The zero-order valence-corrected chi connectivity index (χ0v) is 53.3. The molecule has 0 aromatic carbocycles. The molecule has 2 aliphatic heterocycles. The van der Waals surface area contributed by atoms with E-state index >= 15 is 0 Å². The minimum absolute atomic E-state index is 0.210. The number of carbonyl (C=O) groups excluding carboxylic acids is 1. The number of aliphatic hydroxyl groups is 8. The summed E-state index contributed by atoms with van der Waals surface area (Å²) in [6.07, 6.45) is 63.9. The quantitative estimate of drug-likeness (QED) is 0.0204. The second kappa shape index (κ2) is 55.5. The average molecular weight is 1210 g/mol. The molecule has 0 bridgehead atoms. The van der Waals surface area contributed by atoms with Crippen molar-refractivity contribution in [2.75, 3.05) is 19.8 Å². The molecule has 2 heterocycles. The highest BCUT2D eigenvalue weighted by molar-refractivity contribution is 5.76. The summed E-state index contributed by atoms with van der Waals surface area (Å²) >= 11 is 0. The lowest BCUT2D eigenvalue weighted by molar-refractivity contribution is -0.359. The predicted octanol–water partition coefficient (Wildman–Crippen LogP) is 13.3. The molecule has 492 valence electrons. The molecule has 0 aromatic heterocycles. The fourth-order valence-electron chi connectivity index (χ4n) is 10.3. The molecular weight excluding hydrogens is 1090 g/mol. The van der Waals surface area contributed by atoms with Gasteiger partial charge in [0, 0.05) is 6.42 Å². The molecule has 2 rings (SSSR count). The van der Waals surface area contributed by atoms with Crippen LogP contribution in [0.2, 0.25) is 0 Å². The Morgan fingerprint density at radius 1 is 0.430 bits per heavy atom. The van der Waals surface area contributed by atoms with E-state index < -0.39 is 86.8 Å². The van der Waals surface area contributed by atoms with E-state index in [9.17, 15) is 45.6 Å². The molecule has 0 aliphatic carbocycles. The van der Waals surface area contributed by atoms with Gasteiger partial charge >= 0.3 is 0 Å². The van der Waals surface area contributed by atoms with Crippen LogP contribution in [0.25, 0.3) is 0 Å². The summed E-state index contributed by atoms with van der Waals surface area (Å²) in [5.74, 6) is -0.295. The topological polar surface area (TPSA) is 228 Å². The molecular formula is C72H121NO13. The van der Waals surface area contributed by atoms with Crippen molar-refractivity contribution in [3.05, 3.63) is 122 Å². The van der Waals surface area contributed by atoms with Crippen LogP contribution in [0.4, 0.5) is 0 Å². The summed E-state index contributed by atoms with van der Waals surface area (Å²) in [4.78, 5) is 13.3. The minimum Gasteiger partial charge on any atom is -0.394 e. The van der Waals surface area contributed by atoms with E-state index in [2.05, 4.69) is 129 Å². The molecule has 12 unspecified atom stereocenters. The zero-order valence-electron chi connectivity index (χ0n) is 53.3. The summed E-state index contributed by atoms with van der Waals surface area (Å²) in [5, 5.41) is 87.3. The molecule has 14 heteroatoms. The Kier molecular flexibility index (Phi) is 50.6. The molecule has 1 amide bonds. The second-order valence-corrected chi connectivity index (χ2v) is 23.2. The number of unbranched alkanes of at least 4 members (excludes halogenated alkanes) is 22. The number of ether oxygens (including phenoxy) is 4. The van der Waals surface area contributed by atoms with E-state index in [4.69, 9.17) is 18.9 Å². The third-order valence-corrected chi connectivity index (χ3v) is 15.6. The molecule has 2 aliphatic rings. The highest BCUT2D eigenvalue weighted by atomic mass is 16.7. The molecule has 0 aromatic rings. The van der Waals surface area contributed by atoms with Crippen LogP contribution in [-0.4, -0.2) is 140 Å². The van der Waals surface area contributed by atoms with Crippen molar-refractivity contribution >= 4 is 5.91 Å². The Morgan fingerprint density at radius 2 is 0.814 bits per heavy atom. The number of hydrogen-bond donors (Lipinski definition) is 9. The van der Waals surface area contributed by atoms with Crippen molar-refractivity contribution in [2.24, 2.45) is 0 Å². The van der Waals surface area contributed by atoms with Gasteiger partial charge in [-0.1, -0.05) is 251 Å². The summed E-state index contributed by atoms with van der Waals surface area (Å²) in [7, 11) is 0. The molecule has 2 fully saturated rings. The maximum atomic E-state index is 13.3. The Balaban J connectivity index is 1.76. The van der Waals surface area contributed by atoms with Gasteiger partial charge < -0.3 is 65.1 Å². The van der Waals surface area contributed by atoms with E-state index in [0.29, 0.717) is 12.8 Å². The van der Waals surface area contributed by atoms with Crippen molar-refractivity contribution in [1.82, 2.24) is 5.32 Å². The van der Waals surface area contributed by atoms with Crippen LogP contribution in [0, 0.1) is 0 Å². The number of carbonyl (C=O) groups is 1. The number of rotatable bonds is 53. The van der Waals surface area contributed by atoms with Crippen molar-refractivity contribution in [1.29, 1.82) is 0 Å². The Labute approximate surface area is 520 Å². The first-order valence-electron chi connectivity index (χ1n) is 33.8. The number of allylic oxidation sites excluding steroid dienone is 19. The van der Waals surface area contributed by atoms with Crippen LogP contribution in [0.15, 0.2) is 122 Å². The lowest BCUT2D eigenvalue weighted by atomic mass is 9.97. The Bertz CT molecular complexity index is 1910. The van der Waals surface area contributed by atoms with Crippen LogP contribution < -0.4 is 5.32 Å². The van der Waals surface area contributed by atoms with E-state index in [-0.39, 0.29) is 18.9 Å². The van der Waals surface area contributed by atoms with E-state index in [1.165, 1.54) is 122 Å². The molecule has 0 saturated carbocycles. The second-order valence-electron chi connectivity index (χ2n) is 23.2. The lowest BCUT2D eigenvalue weighted by Gasteiger charge is -2.46. The van der Waals surface area contributed by atoms with Crippen molar-refractivity contribution in [3.63, 3.8) is 0 Å². The molecule has 86 heavy (non-hydrogen) atoms. The largest absolute Gasteiger partial charge is 0.394 e. The predicted molar refractivity (Wildman–Crippen MR) is 350 cm³/mol. The van der Waals surface area contributed by atoms with Gasteiger partial charge in [-0.15, -0.1) is 0 Å². The SMILES string of the molecule is CC/C=C\C/C=C\C/C=C\C/C=C\C/C=C\C/C=C\C/C=C\C/C=C\CCCCC(=O)NC(COC1OC(CO)C(OC2OC(CO)C(O)C(O)C2O)C(O)C1O)C(O)/C=C/CC/C=C/CCCCCCCCCCCCCCCCCCCCC. The average Bonchev–Trinajstić information content (AvgIpc) is 2.53. The normalized spacial score (nSPS) is 24.2. The molecule has 9 N–H and O–H groups in total. The first-order chi connectivity index (χ1) is 42.1. The van der Waals surface area contributed by atoms with Gasteiger partial charge in [0.05, 0.1) is 32.0 Å². The first-order valence-corrected chi connectivity index (χ1v) is 33.8. The maximum absolute atomic E-state index is 13.3. The summed E-state index contributed by atoms with van der Waals surface area (Å²) < 4.78 is 22.8.